The van der Waals surface area contributed by atoms with E-state index in [1.54, 1.807) is 6.07 Å². The van der Waals surface area contributed by atoms with Gasteiger partial charge in [0.15, 0.2) is 0 Å². The van der Waals surface area contributed by atoms with Gasteiger partial charge in [-0.1, -0.05) is 36.4 Å². The first-order valence-electron chi connectivity index (χ1n) is 10.4. The highest BCUT2D eigenvalue weighted by atomic mass is 16.2. The van der Waals surface area contributed by atoms with Gasteiger partial charge in [-0.25, -0.2) is 0 Å². The number of nitriles is 1. The van der Waals surface area contributed by atoms with Crippen molar-refractivity contribution in [2.45, 2.75) is 44.2 Å². The Morgan fingerprint density at radius 3 is 2.66 bits per heavy atom. The first-order valence-corrected chi connectivity index (χ1v) is 10.4. The third kappa shape index (κ3) is 3.38. The van der Waals surface area contributed by atoms with E-state index in [4.69, 9.17) is 0 Å². The molecule has 1 atom stereocenters. The van der Waals surface area contributed by atoms with Gasteiger partial charge in [0, 0.05) is 23.9 Å². The summed E-state index contributed by atoms with van der Waals surface area (Å²) in [6, 6.07) is 18.3. The van der Waals surface area contributed by atoms with E-state index in [0.29, 0.717) is 17.2 Å². The fourth-order valence-electron chi connectivity index (χ4n) is 4.60. The van der Waals surface area contributed by atoms with E-state index in [-0.39, 0.29) is 11.9 Å². The summed E-state index contributed by atoms with van der Waals surface area (Å²) in [6.07, 6.45) is 7.11. The molecule has 29 heavy (non-hydrogen) atoms. The summed E-state index contributed by atoms with van der Waals surface area (Å²) in [7, 11) is 0. The standard InChI is InChI=1S/C25H23N3O/c26-14-20-12-18(7-11-24(20)17-4-2-1-3-5-17)25(29)28(22-9-10-22)23-8-6-19-15-27-16-21(19)13-23/h1-5,7,11-12,16,22-23H,6,8-10,13,15H2. The van der Waals surface area contributed by atoms with Crippen LogP contribution in [0.4, 0.5) is 0 Å². The van der Waals surface area contributed by atoms with Crippen LogP contribution in [0.3, 0.4) is 0 Å². The Kier molecular flexibility index (Phi) is 4.52. The molecule has 0 radical (unpaired) electrons. The van der Waals surface area contributed by atoms with Gasteiger partial charge >= 0.3 is 0 Å². The van der Waals surface area contributed by atoms with Crippen LogP contribution in [0.2, 0.25) is 0 Å². The first-order chi connectivity index (χ1) is 14.2. The average Bonchev–Trinajstić information content (AvgIpc) is 3.49. The summed E-state index contributed by atoms with van der Waals surface area (Å²) in [5.74, 6) is 0.0626. The smallest absolute Gasteiger partial charge is 0.254 e. The van der Waals surface area contributed by atoms with Crippen molar-refractivity contribution < 1.29 is 4.79 Å². The van der Waals surface area contributed by atoms with Crippen LogP contribution in [0.15, 0.2) is 64.7 Å². The van der Waals surface area contributed by atoms with Crippen molar-refractivity contribution in [3.05, 3.63) is 70.8 Å². The van der Waals surface area contributed by atoms with E-state index in [0.717, 1.165) is 49.8 Å². The number of nitrogens with zero attached hydrogens (tertiary/aromatic N) is 3. The Bertz CT molecular complexity index is 1060. The molecule has 1 amide bonds. The van der Waals surface area contributed by atoms with Gasteiger partial charge in [-0.2, -0.15) is 5.26 Å². The van der Waals surface area contributed by atoms with Gasteiger partial charge in [0.25, 0.3) is 5.91 Å². The van der Waals surface area contributed by atoms with Gasteiger partial charge in [0.05, 0.1) is 18.2 Å². The molecule has 2 aliphatic carbocycles. The fraction of sp³-hybridized carbons (Fsp3) is 0.320. The Labute approximate surface area is 171 Å². The molecule has 5 rings (SSSR count). The third-order valence-electron chi connectivity index (χ3n) is 6.26. The molecule has 0 aromatic heterocycles. The normalized spacial score (nSPS) is 20.3. The summed E-state index contributed by atoms with van der Waals surface area (Å²) < 4.78 is 0. The second-order valence-electron chi connectivity index (χ2n) is 8.18. The lowest BCUT2D eigenvalue weighted by atomic mass is 9.88. The van der Waals surface area contributed by atoms with Gasteiger partial charge in [-0.05, 0) is 66.5 Å². The topological polar surface area (TPSA) is 56.5 Å². The SMILES string of the molecule is N#Cc1cc(C(=O)N(C2CC2)C2CCC3=C(C=NC3)C2)ccc1-c1ccccc1. The predicted octanol–water partition coefficient (Wildman–Crippen LogP) is 4.76. The van der Waals surface area contributed by atoms with Crippen LogP contribution in [0.5, 0.6) is 0 Å². The molecule has 1 saturated carbocycles. The van der Waals surface area contributed by atoms with Crippen LogP contribution >= 0.6 is 0 Å². The molecular weight excluding hydrogens is 358 g/mol. The van der Waals surface area contributed by atoms with Crippen LogP contribution in [0.25, 0.3) is 11.1 Å². The fourth-order valence-corrected chi connectivity index (χ4v) is 4.60. The lowest BCUT2D eigenvalue weighted by Gasteiger charge is -2.35. The van der Waals surface area contributed by atoms with Crippen molar-refractivity contribution in [2.75, 3.05) is 6.54 Å². The lowest BCUT2D eigenvalue weighted by Crippen LogP contribution is -2.43. The van der Waals surface area contributed by atoms with Gasteiger partial charge in [-0.15, -0.1) is 0 Å². The van der Waals surface area contributed by atoms with Gasteiger partial charge in [0.2, 0.25) is 0 Å². The zero-order valence-corrected chi connectivity index (χ0v) is 16.3. The number of carbonyl (C=O) groups excluding carboxylic acids is 1. The van der Waals surface area contributed by atoms with E-state index in [2.05, 4.69) is 16.0 Å². The number of carbonyl (C=O) groups is 1. The Hall–Kier alpha value is -3.19. The molecule has 1 fully saturated rings. The number of amides is 1. The number of benzene rings is 2. The molecular formula is C25H23N3O. The van der Waals surface area contributed by atoms with Gasteiger partial charge in [0.1, 0.15) is 0 Å². The molecule has 4 heteroatoms. The highest BCUT2D eigenvalue weighted by molar-refractivity contribution is 5.96. The minimum atomic E-state index is 0.0626. The Morgan fingerprint density at radius 1 is 1.07 bits per heavy atom. The Morgan fingerprint density at radius 2 is 1.90 bits per heavy atom. The number of hydrogen-bond acceptors (Lipinski definition) is 3. The van der Waals surface area contributed by atoms with Crippen molar-refractivity contribution >= 4 is 12.1 Å². The summed E-state index contributed by atoms with van der Waals surface area (Å²) in [6.45, 7) is 0.839. The van der Waals surface area contributed by atoms with Crippen molar-refractivity contribution in [1.82, 2.24) is 4.90 Å². The second kappa shape index (κ2) is 7.33. The zero-order chi connectivity index (χ0) is 19.8. The molecule has 4 nitrogen and oxygen atoms in total. The maximum atomic E-state index is 13.5. The van der Waals surface area contributed by atoms with E-state index in [9.17, 15) is 10.1 Å². The molecule has 0 saturated heterocycles. The molecule has 144 valence electrons. The number of hydrogen-bond donors (Lipinski definition) is 0. The van der Waals surface area contributed by atoms with Gasteiger partial charge < -0.3 is 4.90 Å². The highest BCUT2D eigenvalue weighted by Crippen LogP contribution is 2.37. The molecule has 0 spiro atoms. The molecule has 3 aliphatic rings. The van der Waals surface area contributed by atoms with Crippen LogP contribution in [-0.2, 0) is 0 Å². The third-order valence-corrected chi connectivity index (χ3v) is 6.26. The number of rotatable bonds is 4. The predicted molar refractivity (Wildman–Crippen MR) is 114 cm³/mol. The van der Waals surface area contributed by atoms with Gasteiger partial charge in [-0.3, -0.25) is 9.79 Å². The molecule has 0 bridgehead atoms. The molecule has 2 aromatic carbocycles. The monoisotopic (exact) mass is 381 g/mol. The zero-order valence-electron chi connectivity index (χ0n) is 16.3. The van der Waals surface area contributed by atoms with E-state index in [1.807, 2.05) is 48.7 Å². The van der Waals surface area contributed by atoms with E-state index in [1.165, 1.54) is 11.1 Å². The minimum Gasteiger partial charge on any atom is -0.332 e. The highest BCUT2D eigenvalue weighted by Gasteiger charge is 2.39. The largest absolute Gasteiger partial charge is 0.332 e. The molecule has 1 aliphatic heterocycles. The van der Waals surface area contributed by atoms with E-state index < -0.39 is 0 Å². The minimum absolute atomic E-state index is 0.0626. The van der Waals surface area contributed by atoms with Crippen LogP contribution in [-0.4, -0.2) is 35.7 Å². The summed E-state index contributed by atoms with van der Waals surface area (Å²) in [5.41, 5.74) is 5.81. The average molecular weight is 381 g/mol. The summed E-state index contributed by atoms with van der Waals surface area (Å²) in [4.78, 5) is 20.0. The summed E-state index contributed by atoms with van der Waals surface area (Å²) in [5, 5.41) is 9.70. The lowest BCUT2D eigenvalue weighted by molar-refractivity contribution is 0.0645. The van der Waals surface area contributed by atoms with Crippen LogP contribution in [0.1, 0.15) is 48.0 Å². The summed E-state index contributed by atoms with van der Waals surface area (Å²) >= 11 is 0. The van der Waals surface area contributed by atoms with E-state index >= 15 is 0 Å². The quantitative estimate of drug-likeness (QED) is 0.766. The molecule has 0 N–H and O–H groups in total. The number of aliphatic imine (C=N–C) groups is 1. The Balaban J connectivity index is 1.44. The van der Waals surface area contributed by atoms with Crippen molar-refractivity contribution in [3.63, 3.8) is 0 Å². The van der Waals surface area contributed by atoms with Crippen LogP contribution < -0.4 is 0 Å². The van der Waals surface area contributed by atoms with Crippen molar-refractivity contribution in [1.29, 1.82) is 5.26 Å². The second-order valence-corrected chi connectivity index (χ2v) is 8.18. The maximum absolute atomic E-state index is 13.5. The van der Waals surface area contributed by atoms with Crippen molar-refractivity contribution in [3.8, 4) is 17.2 Å². The van der Waals surface area contributed by atoms with Crippen LogP contribution in [0, 0.1) is 11.3 Å². The first kappa shape index (κ1) is 17.9. The molecule has 2 aromatic rings. The molecule has 1 heterocycles. The molecule has 1 unspecified atom stereocenters. The maximum Gasteiger partial charge on any atom is 0.254 e. The van der Waals surface area contributed by atoms with Crippen molar-refractivity contribution in [2.24, 2.45) is 4.99 Å².